The summed E-state index contributed by atoms with van der Waals surface area (Å²) in [7, 11) is 1.58. The van der Waals surface area contributed by atoms with Gasteiger partial charge in [0.15, 0.2) is 5.78 Å². The summed E-state index contributed by atoms with van der Waals surface area (Å²) in [5.41, 5.74) is 1.62. The lowest BCUT2D eigenvalue weighted by Crippen LogP contribution is -2.25. The topological polar surface area (TPSA) is 97.4 Å². The van der Waals surface area contributed by atoms with Gasteiger partial charge in [-0.25, -0.2) is 0 Å². The zero-order chi connectivity index (χ0) is 31.8. The molecule has 0 heterocycles. The van der Waals surface area contributed by atoms with Crippen molar-refractivity contribution >= 4 is 23.8 Å². The first-order chi connectivity index (χ1) is 19.5. The Morgan fingerprint density at radius 2 is 1.21 bits per heavy atom. The fourth-order valence-corrected chi connectivity index (χ4v) is 3.81. The van der Waals surface area contributed by atoms with Crippen molar-refractivity contribution in [3.05, 3.63) is 58.7 Å². The number of methoxy groups -OCH3 is 1. The summed E-state index contributed by atoms with van der Waals surface area (Å²) >= 11 is 0. The molecule has 0 aliphatic rings. The van der Waals surface area contributed by atoms with E-state index in [4.69, 9.17) is 23.7 Å². The minimum Gasteiger partial charge on any atom is -0.496 e. The van der Waals surface area contributed by atoms with Gasteiger partial charge in [-0.1, -0.05) is 27.7 Å². The van der Waals surface area contributed by atoms with Crippen molar-refractivity contribution in [2.75, 3.05) is 20.7 Å². The van der Waals surface area contributed by atoms with Gasteiger partial charge < -0.3 is 23.7 Å². The minimum absolute atomic E-state index is 0.0831. The molecule has 0 aliphatic carbocycles. The third-order valence-electron chi connectivity index (χ3n) is 6.35. The predicted molar refractivity (Wildman–Crippen MR) is 163 cm³/mol. The molecule has 8 heteroatoms. The van der Waals surface area contributed by atoms with Gasteiger partial charge in [0.2, 0.25) is 13.6 Å². The van der Waals surface area contributed by atoms with Crippen LogP contribution in [-0.4, -0.2) is 38.4 Å². The Morgan fingerprint density at radius 3 is 1.67 bits per heavy atom. The zero-order valence-electron chi connectivity index (χ0n) is 26.9. The van der Waals surface area contributed by atoms with Gasteiger partial charge in [0.25, 0.3) is 0 Å². The molecule has 0 N–H and O–H groups in total. The molecule has 0 radical (unpaired) electrons. The first-order valence-corrected chi connectivity index (χ1v) is 14.1. The van der Waals surface area contributed by atoms with Crippen LogP contribution in [0.1, 0.15) is 108 Å². The van der Waals surface area contributed by atoms with Crippen LogP contribution in [0.15, 0.2) is 36.4 Å². The van der Waals surface area contributed by atoms with E-state index in [2.05, 4.69) is 13.8 Å². The van der Waals surface area contributed by atoms with E-state index in [0.717, 1.165) is 11.1 Å². The van der Waals surface area contributed by atoms with Crippen molar-refractivity contribution in [2.45, 2.75) is 81.1 Å². The van der Waals surface area contributed by atoms with Crippen molar-refractivity contribution < 1.29 is 38.1 Å². The van der Waals surface area contributed by atoms with Gasteiger partial charge in [0, 0.05) is 5.56 Å². The number of carbonyl (C=O) groups excluding carboxylic acids is 3. The molecule has 0 atom stereocenters. The quantitative estimate of drug-likeness (QED) is 0.109. The third-order valence-corrected chi connectivity index (χ3v) is 6.35. The largest absolute Gasteiger partial charge is 0.496 e. The number of benzene rings is 2. The van der Waals surface area contributed by atoms with Crippen LogP contribution in [-0.2, 0) is 19.1 Å². The lowest BCUT2D eigenvalue weighted by molar-refractivity contribution is -0.160. The Morgan fingerprint density at radius 1 is 0.738 bits per heavy atom. The number of allylic oxidation sites excluding steroid dienone is 1. The van der Waals surface area contributed by atoms with E-state index in [1.54, 1.807) is 79.0 Å². The normalized spacial score (nSPS) is 12.0. The third kappa shape index (κ3) is 9.36. The molecule has 42 heavy (non-hydrogen) atoms. The Bertz CT molecular complexity index is 1270. The van der Waals surface area contributed by atoms with Crippen LogP contribution in [0.25, 0.3) is 6.08 Å². The number of ether oxygens (including phenoxy) is 5. The molecule has 0 spiro atoms. The second-order valence-electron chi connectivity index (χ2n) is 12.8. The summed E-state index contributed by atoms with van der Waals surface area (Å²) in [6.45, 7) is 18.3. The second-order valence-corrected chi connectivity index (χ2v) is 12.8. The van der Waals surface area contributed by atoms with E-state index < -0.39 is 10.8 Å². The highest BCUT2D eigenvalue weighted by atomic mass is 16.7. The summed E-state index contributed by atoms with van der Waals surface area (Å²) in [5.74, 6) is 0.775. The van der Waals surface area contributed by atoms with Crippen LogP contribution >= 0.6 is 0 Å². The molecule has 230 valence electrons. The van der Waals surface area contributed by atoms with Gasteiger partial charge in [-0.05, 0) is 107 Å². The van der Waals surface area contributed by atoms with Crippen molar-refractivity contribution in [3.8, 4) is 17.2 Å². The van der Waals surface area contributed by atoms with Crippen molar-refractivity contribution in [1.82, 2.24) is 0 Å². The Balaban J connectivity index is 2.36. The molecule has 2 aromatic rings. The number of hydrogen-bond donors (Lipinski definition) is 0. The number of rotatable bonds is 12. The Kier molecular flexibility index (Phi) is 11.8. The summed E-state index contributed by atoms with van der Waals surface area (Å²) in [6, 6.07) is 8.60. The number of hydrogen-bond acceptors (Lipinski definition) is 8. The second kappa shape index (κ2) is 14.4. The molecule has 0 aromatic heterocycles. The summed E-state index contributed by atoms with van der Waals surface area (Å²) in [5, 5.41) is 0. The van der Waals surface area contributed by atoms with E-state index in [-0.39, 0.29) is 43.1 Å². The van der Waals surface area contributed by atoms with Gasteiger partial charge in [0.05, 0.1) is 23.5 Å². The molecular formula is C34H46O8. The van der Waals surface area contributed by atoms with E-state index in [1.165, 1.54) is 6.08 Å². The molecule has 2 aromatic carbocycles. The first-order valence-electron chi connectivity index (χ1n) is 14.1. The molecule has 2 rings (SSSR count). The van der Waals surface area contributed by atoms with E-state index >= 15 is 0 Å². The fourth-order valence-electron chi connectivity index (χ4n) is 3.81. The lowest BCUT2D eigenvalue weighted by Gasteiger charge is -2.24. The van der Waals surface area contributed by atoms with Crippen LogP contribution in [0.2, 0.25) is 0 Å². The van der Waals surface area contributed by atoms with Crippen LogP contribution in [0.4, 0.5) is 0 Å². The van der Waals surface area contributed by atoms with E-state index in [9.17, 15) is 14.4 Å². The Labute approximate surface area is 250 Å². The predicted octanol–water partition coefficient (Wildman–Crippen LogP) is 7.69. The van der Waals surface area contributed by atoms with E-state index in [0.29, 0.717) is 28.4 Å². The van der Waals surface area contributed by atoms with Crippen LogP contribution < -0.4 is 14.2 Å². The number of ketones is 1. The van der Waals surface area contributed by atoms with Crippen LogP contribution in [0.3, 0.4) is 0 Å². The highest BCUT2D eigenvalue weighted by Gasteiger charge is 2.26. The molecule has 0 aliphatic heterocycles. The molecular weight excluding hydrogens is 536 g/mol. The van der Waals surface area contributed by atoms with E-state index in [1.807, 2.05) is 19.9 Å². The highest BCUT2D eigenvalue weighted by Crippen LogP contribution is 2.43. The highest BCUT2D eigenvalue weighted by molar-refractivity contribution is 6.07. The average molecular weight is 583 g/mol. The number of carbonyl (C=O) groups is 3. The molecule has 0 fully saturated rings. The maximum absolute atomic E-state index is 13.2. The molecule has 0 unspecified atom stereocenters. The Hall–Kier alpha value is -3.81. The number of esters is 2. The lowest BCUT2D eigenvalue weighted by atomic mass is 9.90. The monoisotopic (exact) mass is 582 g/mol. The summed E-state index contributed by atoms with van der Waals surface area (Å²) in [6.07, 6.45) is 3.14. The maximum Gasteiger partial charge on any atom is 0.314 e. The smallest absolute Gasteiger partial charge is 0.314 e. The summed E-state index contributed by atoms with van der Waals surface area (Å²) in [4.78, 5) is 37.4. The van der Waals surface area contributed by atoms with Crippen molar-refractivity contribution in [2.24, 2.45) is 10.8 Å². The molecule has 0 saturated heterocycles. The standard InChI is InChI=1S/C34H46O8/c1-21(2)26-18-27(22(3)4)30(40-20-42-32(37)34(8,9)10)25(29(26)38-11)16-17-28(35)23-12-14-24(15-13-23)39-19-41-31(36)33(5,6)7/h12-18,21-22H,19-20H2,1-11H3/b17-16+. The SMILES string of the molecule is COc1c(C(C)C)cc(C(C)C)c(OCOC(=O)C(C)(C)C)c1/C=C/C(=O)c1ccc(OCOC(=O)C(C)(C)C)cc1. The zero-order valence-corrected chi connectivity index (χ0v) is 26.9. The minimum atomic E-state index is -0.671. The van der Waals surface area contributed by atoms with Gasteiger partial charge >= 0.3 is 11.9 Å². The molecule has 8 nitrogen and oxygen atoms in total. The average Bonchev–Trinajstić information content (AvgIpc) is 2.90. The molecule has 0 amide bonds. The maximum atomic E-state index is 13.2. The molecule has 0 bridgehead atoms. The summed E-state index contributed by atoms with van der Waals surface area (Å²) < 4.78 is 27.9. The molecule has 0 saturated carbocycles. The fraction of sp³-hybridized carbons (Fsp3) is 0.500. The van der Waals surface area contributed by atoms with Crippen LogP contribution in [0, 0.1) is 10.8 Å². The van der Waals surface area contributed by atoms with Crippen molar-refractivity contribution in [1.29, 1.82) is 0 Å². The van der Waals surface area contributed by atoms with Crippen molar-refractivity contribution in [3.63, 3.8) is 0 Å². The first kappa shape index (κ1) is 34.4. The van der Waals surface area contributed by atoms with Crippen LogP contribution in [0.5, 0.6) is 17.2 Å². The van der Waals surface area contributed by atoms with Gasteiger partial charge in [-0.2, -0.15) is 0 Å². The van der Waals surface area contributed by atoms with Gasteiger partial charge in [-0.3, -0.25) is 14.4 Å². The van der Waals surface area contributed by atoms with Gasteiger partial charge in [0.1, 0.15) is 17.2 Å². The van der Waals surface area contributed by atoms with Gasteiger partial charge in [-0.15, -0.1) is 0 Å².